The summed E-state index contributed by atoms with van der Waals surface area (Å²) in [4.78, 5) is 39.1. The predicted octanol–water partition coefficient (Wildman–Crippen LogP) is 2.60. The average Bonchev–Trinajstić information content (AvgIpc) is 2.80. The van der Waals surface area contributed by atoms with Crippen LogP contribution in [0.4, 0.5) is 10.5 Å². The normalized spacial score (nSPS) is 19.5. The zero-order valence-corrected chi connectivity index (χ0v) is 14.4. The van der Waals surface area contributed by atoms with Crippen LogP contribution in [0.1, 0.15) is 32.1 Å². The van der Waals surface area contributed by atoms with Crippen LogP contribution in [0, 0.1) is 0 Å². The maximum Gasteiger partial charge on any atom is 0.325 e. The molecule has 2 aliphatic rings. The molecule has 1 aromatic rings. The van der Waals surface area contributed by atoms with Crippen molar-refractivity contribution in [2.45, 2.75) is 42.5 Å². The molecule has 0 bridgehead atoms. The number of hydrogen-bond donors (Lipinski definition) is 2. The maximum atomic E-state index is 12.7. The minimum atomic E-state index is -0.785. The van der Waals surface area contributed by atoms with E-state index in [2.05, 4.69) is 10.6 Å². The summed E-state index contributed by atoms with van der Waals surface area (Å²) in [6, 6.07) is 6.98. The van der Waals surface area contributed by atoms with E-state index >= 15 is 0 Å². The van der Waals surface area contributed by atoms with Crippen molar-refractivity contribution < 1.29 is 14.4 Å². The molecule has 1 aromatic carbocycles. The van der Waals surface area contributed by atoms with Gasteiger partial charge in [0.25, 0.3) is 5.91 Å². The van der Waals surface area contributed by atoms with E-state index in [1.54, 1.807) is 6.07 Å². The van der Waals surface area contributed by atoms with E-state index in [0.29, 0.717) is 18.5 Å². The lowest BCUT2D eigenvalue weighted by molar-refractivity contribution is -0.134. The van der Waals surface area contributed by atoms with Gasteiger partial charge in [-0.25, -0.2) is 4.79 Å². The number of thioether (sulfide) groups is 1. The van der Waals surface area contributed by atoms with Crippen LogP contribution < -0.4 is 10.6 Å². The van der Waals surface area contributed by atoms with Gasteiger partial charge in [0, 0.05) is 4.90 Å². The number of imide groups is 1. The standard InChI is InChI=1S/C17H21N3O3S/c1-24-13-8-4-3-7-12(13)18-14(21)11-20-15(22)17(19-16(20)23)9-5-2-6-10-17/h3-4,7-8H,2,5-6,9-11H2,1H3,(H,18,21)(H,19,23). The second-order valence-electron chi connectivity index (χ2n) is 6.21. The predicted molar refractivity (Wildman–Crippen MR) is 92.9 cm³/mol. The van der Waals surface area contributed by atoms with Crippen molar-refractivity contribution in [2.24, 2.45) is 0 Å². The molecule has 0 radical (unpaired) electrons. The maximum absolute atomic E-state index is 12.7. The number of nitrogens with zero attached hydrogens (tertiary/aromatic N) is 1. The summed E-state index contributed by atoms with van der Waals surface area (Å²) < 4.78 is 0. The van der Waals surface area contributed by atoms with Crippen LogP contribution in [-0.4, -0.2) is 41.1 Å². The number of para-hydroxylation sites is 1. The topological polar surface area (TPSA) is 78.5 Å². The number of nitrogens with one attached hydrogen (secondary N) is 2. The van der Waals surface area contributed by atoms with E-state index in [-0.39, 0.29) is 18.4 Å². The molecule has 2 fully saturated rings. The first kappa shape index (κ1) is 16.8. The molecule has 6 nitrogen and oxygen atoms in total. The molecule has 1 saturated heterocycles. The summed E-state index contributed by atoms with van der Waals surface area (Å²) in [5.74, 6) is -0.631. The number of rotatable bonds is 4. The lowest BCUT2D eigenvalue weighted by atomic mass is 9.82. The lowest BCUT2D eigenvalue weighted by Crippen LogP contribution is -2.48. The Morgan fingerprint density at radius 3 is 2.67 bits per heavy atom. The Balaban J connectivity index is 1.68. The smallest absolute Gasteiger partial charge is 0.324 e. The molecular weight excluding hydrogens is 326 g/mol. The van der Waals surface area contributed by atoms with Crippen molar-refractivity contribution in [1.29, 1.82) is 0 Å². The molecule has 0 unspecified atom stereocenters. The first-order chi connectivity index (χ1) is 11.6. The van der Waals surface area contributed by atoms with E-state index in [4.69, 9.17) is 0 Å². The first-order valence-corrected chi connectivity index (χ1v) is 9.35. The Morgan fingerprint density at radius 1 is 1.25 bits per heavy atom. The van der Waals surface area contributed by atoms with Gasteiger partial charge in [0.15, 0.2) is 0 Å². The van der Waals surface area contributed by atoms with Gasteiger partial charge < -0.3 is 10.6 Å². The van der Waals surface area contributed by atoms with Crippen LogP contribution in [0.2, 0.25) is 0 Å². The number of hydrogen-bond acceptors (Lipinski definition) is 4. The highest BCUT2D eigenvalue weighted by molar-refractivity contribution is 7.98. The van der Waals surface area contributed by atoms with Crippen LogP contribution in [0.3, 0.4) is 0 Å². The molecule has 1 saturated carbocycles. The summed E-state index contributed by atoms with van der Waals surface area (Å²) in [6.45, 7) is -0.255. The number of carbonyl (C=O) groups is 3. The van der Waals surface area contributed by atoms with Gasteiger partial charge in [-0.1, -0.05) is 31.4 Å². The van der Waals surface area contributed by atoms with Crippen molar-refractivity contribution in [3.05, 3.63) is 24.3 Å². The van der Waals surface area contributed by atoms with Crippen molar-refractivity contribution >= 4 is 35.3 Å². The van der Waals surface area contributed by atoms with E-state index in [0.717, 1.165) is 29.1 Å². The number of urea groups is 1. The Labute approximate surface area is 145 Å². The third kappa shape index (κ3) is 3.13. The van der Waals surface area contributed by atoms with Crippen molar-refractivity contribution in [3.8, 4) is 0 Å². The quantitative estimate of drug-likeness (QED) is 0.648. The Hall–Kier alpha value is -2.02. The van der Waals surface area contributed by atoms with E-state index in [1.807, 2.05) is 24.5 Å². The van der Waals surface area contributed by atoms with Gasteiger partial charge in [0.2, 0.25) is 5.91 Å². The molecule has 128 valence electrons. The van der Waals surface area contributed by atoms with E-state index in [9.17, 15) is 14.4 Å². The summed E-state index contributed by atoms with van der Waals surface area (Å²) in [5.41, 5.74) is -0.0956. The molecule has 1 aliphatic heterocycles. The average molecular weight is 347 g/mol. The van der Waals surface area contributed by atoms with Crippen molar-refractivity contribution in [2.75, 3.05) is 18.1 Å². The summed E-state index contributed by atoms with van der Waals surface area (Å²) in [5, 5.41) is 5.60. The van der Waals surface area contributed by atoms with Crippen LogP contribution in [0.15, 0.2) is 29.2 Å². The monoisotopic (exact) mass is 347 g/mol. The second-order valence-corrected chi connectivity index (χ2v) is 7.06. The molecule has 1 aliphatic carbocycles. The molecule has 1 spiro atoms. The van der Waals surface area contributed by atoms with Crippen LogP contribution in [0.5, 0.6) is 0 Å². The molecule has 0 aromatic heterocycles. The molecule has 4 amide bonds. The van der Waals surface area contributed by atoms with Crippen LogP contribution in [0.25, 0.3) is 0 Å². The van der Waals surface area contributed by atoms with E-state index in [1.165, 1.54) is 11.8 Å². The molecule has 0 atom stereocenters. The fourth-order valence-corrected chi connectivity index (χ4v) is 3.95. The minimum absolute atomic E-state index is 0.255. The molecular formula is C17H21N3O3S. The second kappa shape index (κ2) is 6.84. The Kier molecular flexibility index (Phi) is 4.80. The molecule has 2 N–H and O–H groups in total. The van der Waals surface area contributed by atoms with E-state index < -0.39 is 11.6 Å². The third-order valence-corrected chi connectivity index (χ3v) is 5.43. The fraction of sp³-hybridized carbons (Fsp3) is 0.471. The third-order valence-electron chi connectivity index (χ3n) is 4.64. The molecule has 1 heterocycles. The Morgan fingerprint density at radius 2 is 1.96 bits per heavy atom. The van der Waals surface area contributed by atoms with Crippen LogP contribution in [-0.2, 0) is 9.59 Å². The number of carbonyl (C=O) groups excluding carboxylic acids is 3. The Bertz CT molecular complexity index is 671. The molecule has 3 rings (SSSR count). The number of benzene rings is 1. The highest BCUT2D eigenvalue weighted by Gasteiger charge is 2.51. The van der Waals surface area contributed by atoms with Gasteiger partial charge in [-0.3, -0.25) is 14.5 Å². The van der Waals surface area contributed by atoms with Gasteiger partial charge >= 0.3 is 6.03 Å². The number of anilines is 1. The highest BCUT2D eigenvalue weighted by Crippen LogP contribution is 2.33. The highest BCUT2D eigenvalue weighted by atomic mass is 32.2. The zero-order chi connectivity index (χ0) is 17.2. The summed E-state index contributed by atoms with van der Waals surface area (Å²) in [7, 11) is 0. The first-order valence-electron chi connectivity index (χ1n) is 8.13. The summed E-state index contributed by atoms with van der Waals surface area (Å²) >= 11 is 1.52. The minimum Gasteiger partial charge on any atom is -0.324 e. The van der Waals surface area contributed by atoms with Gasteiger partial charge in [0.05, 0.1) is 5.69 Å². The lowest BCUT2D eigenvalue weighted by Gasteiger charge is -2.30. The zero-order valence-electron chi connectivity index (χ0n) is 13.6. The van der Waals surface area contributed by atoms with Gasteiger partial charge in [-0.15, -0.1) is 11.8 Å². The van der Waals surface area contributed by atoms with Crippen molar-refractivity contribution in [3.63, 3.8) is 0 Å². The largest absolute Gasteiger partial charge is 0.325 e. The molecule has 7 heteroatoms. The number of amides is 4. The van der Waals surface area contributed by atoms with Crippen molar-refractivity contribution in [1.82, 2.24) is 10.2 Å². The molecule has 24 heavy (non-hydrogen) atoms. The van der Waals surface area contributed by atoms with Gasteiger partial charge in [0.1, 0.15) is 12.1 Å². The SMILES string of the molecule is CSc1ccccc1NC(=O)CN1C(=O)NC2(CCCCC2)C1=O. The fourth-order valence-electron chi connectivity index (χ4n) is 3.40. The van der Waals surface area contributed by atoms with Gasteiger partial charge in [-0.05, 0) is 31.2 Å². The van der Waals surface area contributed by atoms with Crippen LogP contribution >= 0.6 is 11.8 Å². The summed E-state index contributed by atoms with van der Waals surface area (Å²) in [6.07, 6.45) is 6.17. The van der Waals surface area contributed by atoms with Gasteiger partial charge in [-0.2, -0.15) is 0 Å².